The number of Topliss-reactive ketones (excluding diaryl/α,β-unsaturated/α-hetero) is 1. The Morgan fingerprint density at radius 1 is 0.929 bits per heavy atom. The number of hydrogen-bond acceptors (Lipinski definition) is 9. The number of benzene rings is 3. The van der Waals surface area contributed by atoms with Crippen LogP contribution >= 0.6 is 0 Å². The van der Waals surface area contributed by atoms with Crippen LogP contribution in [0.2, 0.25) is 0 Å². The van der Waals surface area contributed by atoms with Crippen LogP contribution in [0, 0.1) is 23.0 Å². The Kier molecular flexibility index (Phi) is 12.0. The molecule has 2 aromatic heterocycles. The van der Waals surface area contributed by atoms with E-state index in [1.165, 1.54) is 19.2 Å². The van der Waals surface area contributed by atoms with Gasteiger partial charge in [-0.3, -0.25) is 9.59 Å². The van der Waals surface area contributed by atoms with Gasteiger partial charge in [0.25, 0.3) is 0 Å². The monoisotopic (exact) mass is 770 g/mol. The van der Waals surface area contributed by atoms with Gasteiger partial charge >= 0.3 is 0 Å². The Bertz CT molecular complexity index is 2120. The average molecular weight is 771 g/mol. The van der Waals surface area contributed by atoms with Gasteiger partial charge in [0.15, 0.2) is 17.3 Å². The van der Waals surface area contributed by atoms with E-state index < -0.39 is 17.0 Å². The molecule has 0 saturated carbocycles. The summed E-state index contributed by atoms with van der Waals surface area (Å²) in [6.07, 6.45) is 4.07. The van der Waals surface area contributed by atoms with Crippen molar-refractivity contribution in [2.75, 3.05) is 54.1 Å². The summed E-state index contributed by atoms with van der Waals surface area (Å²) in [5.41, 5.74) is 1.88. The molecule has 0 bridgehead atoms. The number of methoxy groups -OCH3 is 3. The number of rotatable bonds is 17. The van der Waals surface area contributed by atoms with E-state index in [2.05, 4.69) is 4.90 Å². The lowest BCUT2D eigenvalue weighted by atomic mass is 9.76. The number of carbonyl (C=O) groups excluding carboxylic acids is 2. The minimum absolute atomic E-state index is 0.0172. The van der Waals surface area contributed by atoms with Crippen LogP contribution in [0.5, 0.6) is 17.2 Å². The van der Waals surface area contributed by atoms with E-state index >= 15 is 4.39 Å². The topological polar surface area (TPSA) is 108 Å². The summed E-state index contributed by atoms with van der Waals surface area (Å²) in [6, 6.07) is 18.6. The molecule has 7 rings (SSSR count). The minimum Gasteiger partial charge on any atom is -0.493 e. The fourth-order valence-electron chi connectivity index (χ4n) is 8.19. The molecular weight excluding hydrogens is 722 g/mol. The molecule has 2 fully saturated rings. The number of halogens is 2. The van der Waals surface area contributed by atoms with E-state index in [-0.39, 0.29) is 24.0 Å². The maximum atomic E-state index is 15.1. The van der Waals surface area contributed by atoms with Gasteiger partial charge in [-0.25, -0.2) is 13.8 Å². The number of amides is 1. The molecule has 0 radical (unpaired) electrons. The summed E-state index contributed by atoms with van der Waals surface area (Å²) in [5, 5.41) is 0. The number of hydrogen-bond donors (Lipinski definition) is 0. The number of ketones is 1. The number of ether oxygens (including phenoxy) is 4. The zero-order valence-corrected chi connectivity index (χ0v) is 32.1. The number of nitrogens with zero attached hydrogens (tertiary/aromatic N) is 4. The number of likely N-dealkylation sites (tertiary alicyclic amines) is 2. The van der Waals surface area contributed by atoms with Gasteiger partial charge in [-0.2, -0.15) is 0 Å². The van der Waals surface area contributed by atoms with Crippen molar-refractivity contribution in [1.29, 1.82) is 0 Å². The van der Waals surface area contributed by atoms with Crippen molar-refractivity contribution in [3.63, 3.8) is 0 Å². The predicted molar refractivity (Wildman–Crippen MR) is 205 cm³/mol. The summed E-state index contributed by atoms with van der Waals surface area (Å²) in [4.78, 5) is 37.3. The zero-order valence-electron chi connectivity index (χ0n) is 32.1. The Morgan fingerprint density at radius 2 is 1.70 bits per heavy atom. The first-order valence-electron chi connectivity index (χ1n) is 19.1. The number of para-hydroxylation sites is 2. The van der Waals surface area contributed by atoms with Gasteiger partial charge in [-0.15, -0.1) is 0 Å². The summed E-state index contributed by atoms with van der Waals surface area (Å²) in [7, 11) is 4.62. The molecular formula is C43H48F2N4O7. The molecule has 13 heteroatoms. The predicted octanol–water partition coefficient (Wildman–Crippen LogP) is 7.10. The van der Waals surface area contributed by atoms with E-state index in [1.807, 2.05) is 53.1 Å². The molecule has 0 aliphatic carbocycles. The molecule has 3 aromatic carbocycles. The first kappa shape index (κ1) is 39.0. The second-order valence-electron chi connectivity index (χ2n) is 14.6. The van der Waals surface area contributed by atoms with Crippen molar-refractivity contribution < 1.29 is 41.7 Å². The molecule has 56 heavy (non-hydrogen) atoms. The van der Waals surface area contributed by atoms with Gasteiger partial charge in [-0.1, -0.05) is 18.2 Å². The Labute approximate surface area is 325 Å². The quantitative estimate of drug-likeness (QED) is 0.0723. The maximum Gasteiger partial charge on any atom is 0.229 e. The van der Waals surface area contributed by atoms with Gasteiger partial charge in [0.1, 0.15) is 24.0 Å². The van der Waals surface area contributed by atoms with Crippen molar-refractivity contribution >= 4 is 22.7 Å². The maximum absolute atomic E-state index is 15.1. The van der Waals surface area contributed by atoms with Crippen molar-refractivity contribution in [2.45, 2.75) is 51.8 Å². The number of fused-ring (bicyclic) bond motifs is 1. The SMILES string of the molecule is COc1cc(CN2CCC(CCN3CCC(C(=O)c4nc5ccccc5n4CCOCc4ccco4)CC3)(Cc3ccc(F)cc3F)C2=O)cc(OC)c1OC. The van der Waals surface area contributed by atoms with E-state index in [4.69, 9.17) is 28.3 Å². The van der Waals surface area contributed by atoms with Crippen LogP contribution in [-0.2, 0) is 35.6 Å². The van der Waals surface area contributed by atoms with Gasteiger partial charge in [-0.05, 0) is 105 Å². The van der Waals surface area contributed by atoms with Crippen LogP contribution in [0.4, 0.5) is 8.78 Å². The molecule has 2 aliphatic rings. The van der Waals surface area contributed by atoms with Crippen molar-refractivity contribution in [3.8, 4) is 17.2 Å². The molecule has 1 amide bonds. The van der Waals surface area contributed by atoms with Gasteiger partial charge in [0.2, 0.25) is 17.4 Å². The highest BCUT2D eigenvalue weighted by molar-refractivity contribution is 5.98. The Hall–Kier alpha value is -5.27. The van der Waals surface area contributed by atoms with Crippen molar-refractivity contribution in [3.05, 3.63) is 107 Å². The summed E-state index contributed by atoms with van der Waals surface area (Å²) in [5.74, 6) is 1.04. The largest absolute Gasteiger partial charge is 0.493 e. The van der Waals surface area contributed by atoms with Crippen LogP contribution in [-0.4, -0.2) is 85.2 Å². The summed E-state index contributed by atoms with van der Waals surface area (Å²) >= 11 is 0. The molecule has 1 atom stereocenters. The highest BCUT2D eigenvalue weighted by Crippen LogP contribution is 2.43. The molecule has 0 spiro atoms. The molecule has 296 valence electrons. The summed E-state index contributed by atoms with van der Waals surface area (Å²) < 4.78 is 58.8. The second-order valence-corrected chi connectivity index (χ2v) is 14.6. The number of furan rings is 1. The van der Waals surface area contributed by atoms with E-state index in [1.54, 1.807) is 25.4 Å². The summed E-state index contributed by atoms with van der Waals surface area (Å²) in [6.45, 7) is 3.93. The van der Waals surface area contributed by atoms with Crippen LogP contribution in [0.15, 0.2) is 77.4 Å². The second kappa shape index (κ2) is 17.3. The highest BCUT2D eigenvalue weighted by Gasteiger charge is 2.47. The highest BCUT2D eigenvalue weighted by atomic mass is 19.1. The molecule has 5 aromatic rings. The van der Waals surface area contributed by atoms with Gasteiger partial charge < -0.3 is 37.7 Å². The number of piperidine rings is 1. The van der Waals surface area contributed by atoms with Crippen LogP contribution in [0.1, 0.15) is 53.2 Å². The first-order valence-corrected chi connectivity index (χ1v) is 19.1. The lowest BCUT2D eigenvalue weighted by molar-refractivity contribution is -0.137. The molecule has 2 saturated heterocycles. The smallest absolute Gasteiger partial charge is 0.229 e. The minimum atomic E-state index is -0.893. The van der Waals surface area contributed by atoms with Crippen LogP contribution in [0.25, 0.3) is 11.0 Å². The normalized spacial score (nSPS) is 17.9. The van der Waals surface area contributed by atoms with E-state index in [0.717, 1.165) is 28.4 Å². The third kappa shape index (κ3) is 8.29. The number of imidazole rings is 1. The van der Waals surface area contributed by atoms with E-state index in [9.17, 15) is 14.0 Å². The van der Waals surface area contributed by atoms with Gasteiger partial charge in [0.05, 0.1) is 50.6 Å². The standard InChI is InChI=1S/C43H48F2N4O7/c1-52-37-23-29(24-38(53-2)40(37)54-3)27-48-19-15-43(42(48)51,26-31-10-11-32(44)25-34(31)45)14-18-47-16-12-30(13-17-47)39(50)41-46-35-8-4-5-9-36(35)49(41)20-22-55-28-33-7-6-21-56-33/h4-11,21,23-25,30H,12-20,22,26-28H2,1-3H3. The van der Waals surface area contributed by atoms with Crippen LogP contribution < -0.4 is 14.2 Å². The fourth-order valence-corrected chi connectivity index (χ4v) is 8.19. The Morgan fingerprint density at radius 3 is 2.39 bits per heavy atom. The van der Waals surface area contributed by atoms with Crippen molar-refractivity contribution in [1.82, 2.24) is 19.4 Å². The number of aromatic nitrogens is 2. The fraction of sp³-hybridized carbons (Fsp3) is 0.419. The lowest BCUT2D eigenvalue weighted by Gasteiger charge is -2.35. The average Bonchev–Trinajstić information content (AvgIpc) is 3.95. The third-order valence-electron chi connectivity index (χ3n) is 11.3. The number of carbonyl (C=O) groups is 2. The molecule has 2 aliphatic heterocycles. The first-order chi connectivity index (χ1) is 27.2. The zero-order chi connectivity index (χ0) is 39.2. The third-order valence-corrected chi connectivity index (χ3v) is 11.3. The van der Waals surface area contributed by atoms with Crippen molar-refractivity contribution in [2.24, 2.45) is 11.3 Å². The lowest BCUT2D eigenvalue weighted by Crippen LogP contribution is -2.42. The molecule has 1 unspecified atom stereocenters. The van der Waals surface area contributed by atoms with Gasteiger partial charge in [0, 0.05) is 31.6 Å². The van der Waals surface area contributed by atoms with Crippen LogP contribution in [0.3, 0.4) is 0 Å². The molecule has 4 heterocycles. The molecule has 0 N–H and O–H groups in total. The Balaban J connectivity index is 1.02. The van der Waals surface area contributed by atoms with E-state index in [0.29, 0.717) is 107 Å². The molecule has 11 nitrogen and oxygen atoms in total.